The minimum Gasteiger partial charge on any atom is -0.476 e. The topological polar surface area (TPSA) is 47.0 Å². The van der Waals surface area contributed by atoms with Crippen molar-refractivity contribution in [1.82, 2.24) is 9.97 Å². The molecule has 0 aliphatic rings. The summed E-state index contributed by atoms with van der Waals surface area (Å²) in [4.78, 5) is 8.68. The molecule has 0 aliphatic heterocycles. The third-order valence-corrected chi connectivity index (χ3v) is 2.19. The second-order valence-corrected chi connectivity index (χ2v) is 3.32. The molecule has 1 rings (SSSR count). The highest BCUT2D eigenvalue weighted by atomic mass is 16.5. The zero-order valence-electron chi connectivity index (χ0n) is 10.0. The fourth-order valence-electron chi connectivity index (χ4n) is 1.29. The maximum atomic E-state index is 5.53. The highest BCUT2D eigenvalue weighted by molar-refractivity contribution is 5.48. The molecule has 0 radical (unpaired) electrons. The summed E-state index contributed by atoms with van der Waals surface area (Å²) < 4.78 is 5.53. The number of anilines is 1. The molecule has 4 nitrogen and oxygen atoms in total. The minimum atomic E-state index is 0.487. The van der Waals surface area contributed by atoms with Crippen LogP contribution in [0.1, 0.15) is 24.7 Å². The van der Waals surface area contributed by atoms with E-state index in [1.165, 1.54) is 0 Å². The van der Waals surface area contributed by atoms with Crippen LogP contribution < -0.4 is 10.1 Å². The summed E-state index contributed by atoms with van der Waals surface area (Å²) in [5.74, 6) is 4.72. The van der Waals surface area contributed by atoms with Gasteiger partial charge in [-0.1, -0.05) is 6.92 Å². The Labute approximate surface area is 96.5 Å². The number of terminal acetylenes is 1. The number of aromatic nitrogens is 2. The van der Waals surface area contributed by atoms with Gasteiger partial charge in [-0.25, -0.2) is 4.98 Å². The van der Waals surface area contributed by atoms with Crippen molar-refractivity contribution in [3.05, 3.63) is 11.4 Å². The van der Waals surface area contributed by atoms with Gasteiger partial charge in [0.15, 0.2) is 0 Å². The zero-order chi connectivity index (χ0) is 12.0. The summed E-state index contributed by atoms with van der Waals surface area (Å²) in [5.41, 5.74) is 0.914. The minimum absolute atomic E-state index is 0.487. The van der Waals surface area contributed by atoms with Gasteiger partial charge in [0, 0.05) is 19.9 Å². The normalized spacial score (nSPS) is 9.62. The van der Waals surface area contributed by atoms with E-state index in [1.54, 1.807) is 0 Å². The van der Waals surface area contributed by atoms with E-state index >= 15 is 0 Å². The maximum absolute atomic E-state index is 5.53. The molecule has 0 saturated heterocycles. The van der Waals surface area contributed by atoms with Gasteiger partial charge in [0.25, 0.3) is 0 Å². The van der Waals surface area contributed by atoms with E-state index in [0.717, 1.165) is 23.6 Å². The van der Waals surface area contributed by atoms with Crippen molar-refractivity contribution in [2.75, 3.05) is 19.0 Å². The molecule has 0 atom stereocenters. The second-order valence-electron chi connectivity index (χ2n) is 3.32. The number of hydrogen-bond acceptors (Lipinski definition) is 4. The number of nitrogens with one attached hydrogen (secondary N) is 1. The van der Waals surface area contributed by atoms with Gasteiger partial charge in [0.1, 0.15) is 18.2 Å². The van der Waals surface area contributed by atoms with Crippen LogP contribution in [-0.2, 0) is 6.42 Å². The molecule has 0 bridgehead atoms. The maximum Gasteiger partial charge on any atom is 0.221 e. The third-order valence-electron chi connectivity index (χ3n) is 2.19. The molecule has 0 fully saturated rings. The van der Waals surface area contributed by atoms with Crippen LogP contribution in [0.5, 0.6) is 5.88 Å². The lowest BCUT2D eigenvalue weighted by Crippen LogP contribution is -2.07. The number of nitrogens with zero attached hydrogens (tertiary/aromatic N) is 2. The second kappa shape index (κ2) is 5.96. The van der Waals surface area contributed by atoms with Crippen LogP contribution in [0.4, 0.5) is 5.82 Å². The summed E-state index contributed by atoms with van der Waals surface area (Å²) >= 11 is 0. The van der Waals surface area contributed by atoms with Gasteiger partial charge in [0.05, 0.1) is 5.56 Å². The predicted octanol–water partition coefficient (Wildman–Crippen LogP) is 1.79. The van der Waals surface area contributed by atoms with Crippen LogP contribution >= 0.6 is 0 Å². The molecule has 0 aromatic carbocycles. The van der Waals surface area contributed by atoms with Crippen molar-refractivity contribution in [2.24, 2.45) is 0 Å². The highest BCUT2D eigenvalue weighted by Gasteiger charge is 2.09. The molecule has 16 heavy (non-hydrogen) atoms. The Hall–Kier alpha value is -1.76. The lowest BCUT2D eigenvalue weighted by molar-refractivity contribution is 0.310. The van der Waals surface area contributed by atoms with E-state index in [1.807, 2.05) is 20.9 Å². The van der Waals surface area contributed by atoms with E-state index < -0.39 is 0 Å². The van der Waals surface area contributed by atoms with Crippen molar-refractivity contribution >= 4 is 5.82 Å². The number of ether oxygens (including phenoxy) is 1. The lowest BCUT2D eigenvalue weighted by Gasteiger charge is -2.11. The number of aryl methyl sites for hydroxylation is 1. The van der Waals surface area contributed by atoms with Crippen LogP contribution in [0.3, 0.4) is 0 Å². The average molecular weight is 219 g/mol. The van der Waals surface area contributed by atoms with Gasteiger partial charge in [-0.2, -0.15) is 4.98 Å². The average Bonchev–Trinajstić information content (AvgIpc) is 2.31. The first-order chi connectivity index (χ1) is 7.72. The van der Waals surface area contributed by atoms with Crippen molar-refractivity contribution < 1.29 is 4.74 Å². The molecule has 0 aliphatic carbocycles. The van der Waals surface area contributed by atoms with Crippen LogP contribution in [0.25, 0.3) is 0 Å². The molecule has 0 unspecified atom stereocenters. The molecular weight excluding hydrogens is 202 g/mol. The number of hydrogen-bond donors (Lipinski definition) is 1. The van der Waals surface area contributed by atoms with Gasteiger partial charge in [-0.15, -0.1) is 12.3 Å². The van der Waals surface area contributed by atoms with Gasteiger partial charge < -0.3 is 10.1 Å². The quantitative estimate of drug-likeness (QED) is 0.606. The van der Waals surface area contributed by atoms with Crippen molar-refractivity contribution in [3.8, 4) is 18.2 Å². The fraction of sp³-hybridized carbons (Fsp3) is 0.500. The van der Waals surface area contributed by atoms with Crippen LogP contribution in [-0.4, -0.2) is 23.6 Å². The first-order valence-corrected chi connectivity index (χ1v) is 5.34. The van der Waals surface area contributed by atoms with Crippen LogP contribution in [0, 0.1) is 19.3 Å². The fourth-order valence-corrected chi connectivity index (χ4v) is 1.29. The van der Waals surface area contributed by atoms with E-state index in [4.69, 9.17) is 11.2 Å². The Balaban J connectivity index is 2.93. The molecule has 0 saturated carbocycles. The Bertz CT molecular complexity index is 396. The van der Waals surface area contributed by atoms with Gasteiger partial charge in [-0.05, 0) is 6.92 Å². The van der Waals surface area contributed by atoms with Gasteiger partial charge in [-0.3, -0.25) is 0 Å². The van der Waals surface area contributed by atoms with Gasteiger partial charge >= 0.3 is 0 Å². The summed E-state index contributed by atoms with van der Waals surface area (Å²) in [6.07, 6.45) is 6.53. The molecule has 4 heteroatoms. The first-order valence-electron chi connectivity index (χ1n) is 5.34. The van der Waals surface area contributed by atoms with E-state index in [-0.39, 0.29) is 0 Å². The monoisotopic (exact) mass is 219 g/mol. The molecule has 0 spiro atoms. The standard InChI is InChI=1S/C12H17N3O/c1-5-7-8-16-12-9(3)11(13-4)14-10(6-2)15-12/h1H,6-8H2,2-4H3,(H,13,14,15). The van der Waals surface area contributed by atoms with Crippen molar-refractivity contribution in [3.63, 3.8) is 0 Å². The molecule has 1 aromatic heterocycles. The van der Waals surface area contributed by atoms with Crippen molar-refractivity contribution in [1.29, 1.82) is 0 Å². The summed E-state index contributed by atoms with van der Waals surface area (Å²) in [6.45, 7) is 4.42. The summed E-state index contributed by atoms with van der Waals surface area (Å²) in [6, 6.07) is 0. The molecule has 0 amide bonds. The van der Waals surface area contributed by atoms with Crippen molar-refractivity contribution in [2.45, 2.75) is 26.7 Å². The molecule has 86 valence electrons. The first kappa shape index (κ1) is 12.3. The van der Waals surface area contributed by atoms with Gasteiger partial charge in [0.2, 0.25) is 5.88 Å². The Morgan fingerprint density at radius 2 is 2.19 bits per heavy atom. The molecular formula is C12H17N3O. The van der Waals surface area contributed by atoms with E-state index in [2.05, 4.69) is 21.2 Å². The highest BCUT2D eigenvalue weighted by Crippen LogP contribution is 2.21. The largest absolute Gasteiger partial charge is 0.476 e. The zero-order valence-corrected chi connectivity index (χ0v) is 10.0. The van der Waals surface area contributed by atoms with Crippen LogP contribution in [0.2, 0.25) is 0 Å². The SMILES string of the molecule is C#CCCOc1nc(CC)nc(NC)c1C. The Morgan fingerprint density at radius 1 is 1.44 bits per heavy atom. The number of rotatable bonds is 5. The lowest BCUT2D eigenvalue weighted by atomic mass is 10.3. The molecule has 1 aromatic rings. The summed E-state index contributed by atoms with van der Waals surface area (Å²) in [7, 11) is 1.83. The smallest absolute Gasteiger partial charge is 0.221 e. The third kappa shape index (κ3) is 2.86. The van der Waals surface area contributed by atoms with E-state index in [9.17, 15) is 0 Å². The predicted molar refractivity (Wildman–Crippen MR) is 64.6 cm³/mol. The Kier molecular flexibility index (Phi) is 4.59. The van der Waals surface area contributed by atoms with Crippen LogP contribution in [0.15, 0.2) is 0 Å². The van der Waals surface area contributed by atoms with E-state index in [0.29, 0.717) is 18.9 Å². The summed E-state index contributed by atoms with van der Waals surface area (Å²) in [5, 5.41) is 3.03. The Morgan fingerprint density at radius 3 is 2.75 bits per heavy atom. The molecule has 1 heterocycles. The molecule has 1 N–H and O–H groups in total.